The Labute approximate surface area is 202 Å². The third kappa shape index (κ3) is 5.06. The van der Waals surface area contributed by atoms with Gasteiger partial charge >= 0.3 is 0 Å². The molecule has 1 fully saturated rings. The predicted octanol–water partition coefficient (Wildman–Crippen LogP) is 4.75. The minimum atomic E-state index is -0.991. The largest absolute Gasteiger partial charge is 0.506 e. The van der Waals surface area contributed by atoms with Gasteiger partial charge in [0.25, 0.3) is 0 Å². The summed E-state index contributed by atoms with van der Waals surface area (Å²) in [6, 6.07) is 7.50. The number of aromatic nitrogens is 1. The highest BCUT2D eigenvalue weighted by molar-refractivity contribution is 6.18. The summed E-state index contributed by atoms with van der Waals surface area (Å²) in [6.45, 7) is 9.75. The van der Waals surface area contributed by atoms with Gasteiger partial charge in [-0.15, -0.1) is 0 Å². The summed E-state index contributed by atoms with van der Waals surface area (Å²) < 4.78 is 28.5. The number of hydrogen-bond acceptors (Lipinski definition) is 5. The van der Waals surface area contributed by atoms with E-state index in [1.54, 1.807) is 36.4 Å². The molecule has 1 aromatic heterocycles. The third-order valence-corrected chi connectivity index (χ3v) is 6.18. The van der Waals surface area contributed by atoms with Crippen LogP contribution in [0.15, 0.2) is 83.5 Å². The van der Waals surface area contributed by atoms with Crippen molar-refractivity contribution in [2.75, 3.05) is 26.2 Å². The van der Waals surface area contributed by atoms with E-state index in [0.717, 1.165) is 11.8 Å². The molecule has 4 rings (SSSR count). The van der Waals surface area contributed by atoms with Crippen LogP contribution >= 0.6 is 0 Å². The van der Waals surface area contributed by atoms with Crippen LogP contribution in [0.5, 0.6) is 0 Å². The molecule has 2 aromatic rings. The van der Waals surface area contributed by atoms with E-state index in [1.165, 1.54) is 18.2 Å². The lowest BCUT2D eigenvalue weighted by molar-refractivity contribution is -0.130. The van der Waals surface area contributed by atoms with Gasteiger partial charge < -0.3 is 14.9 Å². The lowest BCUT2D eigenvalue weighted by Gasteiger charge is -2.37. The first-order valence-electron chi connectivity index (χ1n) is 11.2. The van der Waals surface area contributed by atoms with E-state index in [0.29, 0.717) is 48.6 Å². The van der Waals surface area contributed by atoms with E-state index in [1.807, 2.05) is 13.0 Å². The molecule has 1 aliphatic carbocycles. The van der Waals surface area contributed by atoms with Crippen LogP contribution in [0.25, 0.3) is 11.3 Å². The SMILES string of the molecule is C=C(N=C1C(O)=CC(c2cccc(F)c2F)=C/C1=C(/C)N1CCN(C(C)=O)CC1)c1cccnc1. The number of allylic oxidation sites excluding steroid dienone is 5. The van der Waals surface area contributed by atoms with Crippen LogP contribution in [0.3, 0.4) is 0 Å². The van der Waals surface area contributed by atoms with E-state index in [2.05, 4.69) is 21.5 Å². The third-order valence-electron chi connectivity index (χ3n) is 6.18. The molecular formula is C27H26F2N4O2. The van der Waals surface area contributed by atoms with Gasteiger partial charge in [0.2, 0.25) is 5.91 Å². The van der Waals surface area contributed by atoms with Gasteiger partial charge in [-0.2, -0.15) is 0 Å². The Balaban J connectivity index is 1.80. The smallest absolute Gasteiger partial charge is 0.219 e. The number of piperazine rings is 1. The van der Waals surface area contributed by atoms with Crippen molar-refractivity contribution in [3.05, 3.63) is 101 Å². The molecule has 0 atom stereocenters. The van der Waals surface area contributed by atoms with Gasteiger partial charge in [0, 0.05) is 67.9 Å². The number of aliphatic hydroxyl groups excluding tert-OH is 1. The van der Waals surface area contributed by atoms with Gasteiger partial charge in [-0.05, 0) is 42.8 Å². The van der Waals surface area contributed by atoms with Crippen molar-refractivity contribution in [1.82, 2.24) is 14.8 Å². The number of pyridine rings is 1. The maximum atomic E-state index is 14.6. The van der Waals surface area contributed by atoms with Gasteiger partial charge in [-0.3, -0.25) is 9.78 Å². The zero-order valence-electron chi connectivity index (χ0n) is 19.6. The van der Waals surface area contributed by atoms with Crippen LogP contribution in [-0.2, 0) is 4.79 Å². The average molecular weight is 477 g/mol. The molecule has 1 amide bonds. The minimum Gasteiger partial charge on any atom is -0.506 e. The zero-order chi connectivity index (χ0) is 25.1. The standard InChI is InChI=1S/C27H26F2N4O2/c1-17(20-6-5-9-30-16-20)31-27-23(18(2)32-10-12-33(13-11-32)19(3)34)14-21(15-25(27)35)22-7-4-8-24(28)26(22)29/h4-9,14-16,35H,1,10-13H2,2-3H3/b23-18+,31-27?. The summed E-state index contributed by atoms with van der Waals surface area (Å²) in [6.07, 6.45) is 6.33. The second kappa shape index (κ2) is 10.0. The molecule has 1 N–H and O–H groups in total. The molecular weight excluding hydrogens is 450 g/mol. The van der Waals surface area contributed by atoms with Crippen molar-refractivity contribution in [1.29, 1.82) is 0 Å². The van der Waals surface area contributed by atoms with Crippen molar-refractivity contribution < 1.29 is 18.7 Å². The van der Waals surface area contributed by atoms with Gasteiger partial charge in [0.15, 0.2) is 11.6 Å². The summed E-state index contributed by atoms with van der Waals surface area (Å²) in [5, 5.41) is 11.0. The second-order valence-electron chi connectivity index (χ2n) is 8.37. The number of aliphatic hydroxyl groups is 1. The van der Waals surface area contributed by atoms with Crippen molar-refractivity contribution in [2.45, 2.75) is 13.8 Å². The minimum absolute atomic E-state index is 0.0204. The summed E-state index contributed by atoms with van der Waals surface area (Å²) in [5.41, 5.74) is 3.06. The Hall–Kier alpha value is -4.07. The molecule has 0 unspecified atom stereocenters. The summed E-state index contributed by atoms with van der Waals surface area (Å²) in [5.74, 6) is -2.13. The molecule has 0 saturated carbocycles. The Bertz CT molecular complexity index is 1290. The maximum absolute atomic E-state index is 14.6. The molecule has 1 aromatic carbocycles. The van der Waals surface area contributed by atoms with Gasteiger partial charge in [0.1, 0.15) is 11.5 Å². The highest BCUT2D eigenvalue weighted by Crippen LogP contribution is 2.32. The Morgan fingerprint density at radius 3 is 2.43 bits per heavy atom. The van der Waals surface area contributed by atoms with Crippen LogP contribution in [0.4, 0.5) is 8.78 Å². The van der Waals surface area contributed by atoms with E-state index in [9.17, 15) is 18.7 Å². The quantitative estimate of drug-likeness (QED) is 0.692. The van der Waals surface area contributed by atoms with E-state index in [-0.39, 0.29) is 22.9 Å². The van der Waals surface area contributed by atoms with Crippen LogP contribution in [0.1, 0.15) is 25.0 Å². The predicted molar refractivity (Wildman–Crippen MR) is 132 cm³/mol. The van der Waals surface area contributed by atoms with Crippen molar-refractivity contribution in [3.8, 4) is 0 Å². The highest BCUT2D eigenvalue weighted by Gasteiger charge is 2.26. The molecule has 2 heterocycles. The molecule has 1 saturated heterocycles. The molecule has 35 heavy (non-hydrogen) atoms. The van der Waals surface area contributed by atoms with E-state index < -0.39 is 11.6 Å². The molecule has 0 bridgehead atoms. The van der Waals surface area contributed by atoms with Crippen LogP contribution in [-0.4, -0.2) is 57.7 Å². The van der Waals surface area contributed by atoms with Gasteiger partial charge in [0.05, 0.1) is 5.70 Å². The first kappa shape index (κ1) is 24.1. The van der Waals surface area contributed by atoms with Crippen molar-refractivity contribution in [3.63, 3.8) is 0 Å². The molecule has 6 nitrogen and oxygen atoms in total. The first-order valence-corrected chi connectivity index (χ1v) is 11.2. The zero-order valence-corrected chi connectivity index (χ0v) is 19.6. The molecule has 0 radical (unpaired) electrons. The van der Waals surface area contributed by atoms with Crippen molar-refractivity contribution >= 4 is 22.9 Å². The second-order valence-corrected chi connectivity index (χ2v) is 8.37. The lowest BCUT2D eigenvalue weighted by Crippen LogP contribution is -2.47. The van der Waals surface area contributed by atoms with Crippen molar-refractivity contribution in [2.24, 2.45) is 4.99 Å². The molecule has 2 aliphatic rings. The van der Waals surface area contributed by atoms with Crippen LogP contribution < -0.4 is 0 Å². The molecule has 0 spiro atoms. The number of carbonyl (C=O) groups is 1. The average Bonchev–Trinajstić information content (AvgIpc) is 2.86. The Morgan fingerprint density at radius 2 is 1.77 bits per heavy atom. The van der Waals surface area contributed by atoms with Gasteiger partial charge in [-0.1, -0.05) is 18.7 Å². The number of amides is 1. The van der Waals surface area contributed by atoms with Gasteiger partial charge in [-0.25, -0.2) is 13.8 Å². The molecule has 180 valence electrons. The summed E-state index contributed by atoms with van der Waals surface area (Å²) in [4.78, 5) is 24.3. The van der Waals surface area contributed by atoms with E-state index >= 15 is 0 Å². The number of halogens is 2. The lowest BCUT2D eigenvalue weighted by atomic mass is 9.91. The topological polar surface area (TPSA) is 69.0 Å². The maximum Gasteiger partial charge on any atom is 0.219 e. The fraction of sp³-hybridized carbons (Fsp3) is 0.222. The fourth-order valence-electron chi connectivity index (χ4n) is 4.15. The monoisotopic (exact) mass is 476 g/mol. The number of hydrogen-bond donors (Lipinski definition) is 1. The number of aliphatic imine (C=N–C) groups is 1. The first-order chi connectivity index (χ1) is 16.8. The number of benzene rings is 1. The van der Waals surface area contributed by atoms with E-state index in [4.69, 9.17) is 0 Å². The molecule has 1 aliphatic heterocycles. The summed E-state index contributed by atoms with van der Waals surface area (Å²) in [7, 11) is 0. The Kier molecular flexibility index (Phi) is 6.91. The normalized spacial score (nSPS) is 18.8. The summed E-state index contributed by atoms with van der Waals surface area (Å²) >= 11 is 0. The number of rotatable bonds is 4. The number of nitrogens with zero attached hydrogens (tertiary/aromatic N) is 4. The number of carbonyl (C=O) groups excluding carboxylic acids is 1. The Morgan fingerprint density at radius 1 is 1.06 bits per heavy atom. The molecule has 8 heteroatoms. The fourth-order valence-corrected chi connectivity index (χ4v) is 4.15. The van der Waals surface area contributed by atoms with Crippen LogP contribution in [0, 0.1) is 11.6 Å². The highest BCUT2D eigenvalue weighted by atomic mass is 19.2. The van der Waals surface area contributed by atoms with Crippen LogP contribution in [0.2, 0.25) is 0 Å².